The zero-order valence-corrected chi connectivity index (χ0v) is 12.9. The summed E-state index contributed by atoms with van der Waals surface area (Å²) in [5.74, 6) is -1.71. The average molecular weight is 294 g/mol. The van der Waals surface area contributed by atoms with E-state index in [-0.39, 0.29) is 19.3 Å². The number of benzene rings is 1. The van der Waals surface area contributed by atoms with Gasteiger partial charge in [0.05, 0.1) is 19.3 Å². The Bertz CT molecular complexity index is 463. The largest absolute Gasteiger partial charge is 0.491 e. The van der Waals surface area contributed by atoms with Crippen LogP contribution in [-0.2, 0) is 19.1 Å². The molecule has 0 aliphatic rings. The number of hydrogen-bond donors (Lipinski definition) is 0. The van der Waals surface area contributed by atoms with Gasteiger partial charge in [-0.2, -0.15) is 0 Å². The van der Waals surface area contributed by atoms with Crippen molar-refractivity contribution in [2.45, 2.75) is 39.7 Å². The number of hydrogen-bond acceptors (Lipinski definition) is 5. The fourth-order valence-corrected chi connectivity index (χ4v) is 1.86. The molecular formula is C16H22O5. The fourth-order valence-electron chi connectivity index (χ4n) is 1.86. The normalized spacial score (nSPS) is 10.6. The second kappa shape index (κ2) is 8.29. The van der Waals surface area contributed by atoms with E-state index in [2.05, 4.69) is 0 Å². The maximum atomic E-state index is 12.0. The molecule has 0 N–H and O–H groups in total. The third-order valence-corrected chi connectivity index (χ3v) is 2.61. The Balaban J connectivity index is 3.07. The molecule has 0 radical (unpaired) electrons. The van der Waals surface area contributed by atoms with E-state index in [0.29, 0.717) is 11.3 Å². The van der Waals surface area contributed by atoms with Crippen molar-refractivity contribution in [1.82, 2.24) is 0 Å². The molecule has 0 fully saturated rings. The number of rotatable bonds is 7. The lowest BCUT2D eigenvalue weighted by molar-refractivity contribution is -0.156. The van der Waals surface area contributed by atoms with E-state index < -0.39 is 17.9 Å². The lowest BCUT2D eigenvalue weighted by Gasteiger charge is -2.16. The Morgan fingerprint density at radius 3 is 2.10 bits per heavy atom. The van der Waals surface area contributed by atoms with Gasteiger partial charge in [-0.25, -0.2) is 0 Å². The van der Waals surface area contributed by atoms with Gasteiger partial charge in [0.25, 0.3) is 0 Å². The molecule has 0 amide bonds. The Morgan fingerprint density at radius 1 is 1.05 bits per heavy atom. The molecule has 0 bridgehead atoms. The topological polar surface area (TPSA) is 61.8 Å². The molecule has 0 heterocycles. The summed E-state index contributed by atoms with van der Waals surface area (Å²) in [6.07, 6.45) is 0.00360. The second-order valence-electron chi connectivity index (χ2n) is 4.68. The Labute approximate surface area is 125 Å². The van der Waals surface area contributed by atoms with Gasteiger partial charge in [0.1, 0.15) is 5.75 Å². The number of carbonyl (C=O) groups is 2. The summed E-state index contributed by atoms with van der Waals surface area (Å²) in [5.41, 5.74) is 0.505. The van der Waals surface area contributed by atoms with E-state index >= 15 is 0 Å². The van der Waals surface area contributed by atoms with Gasteiger partial charge >= 0.3 is 11.9 Å². The molecule has 0 unspecified atom stereocenters. The van der Waals surface area contributed by atoms with Crippen molar-refractivity contribution in [3.8, 4) is 5.75 Å². The van der Waals surface area contributed by atoms with Crippen molar-refractivity contribution >= 4 is 11.9 Å². The number of carbonyl (C=O) groups excluding carboxylic acids is 2. The van der Waals surface area contributed by atoms with Gasteiger partial charge in [0.15, 0.2) is 5.92 Å². The van der Waals surface area contributed by atoms with Crippen LogP contribution in [0.3, 0.4) is 0 Å². The van der Waals surface area contributed by atoms with Gasteiger partial charge in [-0.3, -0.25) is 9.59 Å². The van der Waals surface area contributed by atoms with Crippen LogP contribution < -0.4 is 4.74 Å². The summed E-state index contributed by atoms with van der Waals surface area (Å²) >= 11 is 0. The van der Waals surface area contributed by atoms with Crippen molar-refractivity contribution in [3.63, 3.8) is 0 Å². The maximum absolute atomic E-state index is 12.0. The average Bonchev–Trinajstić information content (AvgIpc) is 2.39. The van der Waals surface area contributed by atoms with Crippen LogP contribution in [0.5, 0.6) is 5.75 Å². The number of ether oxygens (including phenoxy) is 3. The first-order chi connectivity index (χ1) is 9.99. The highest BCUT2D eigenvalue weighted by Gasteiger charge is 2.31. The Hall–Kier alpha value is -2.04. The van der Waals surface area contributed by atoms with E-state index in [1.807, 2.05) is 13.8 Å². The van der Waals surface area contributed by atoms with Crippen molar-refractivity contribution < 1.29 is 23.8 Å². The molecule has 0 atom stereocenters. The molecule has 1 aromatic carbocycles. The van der Waals surface area contributed by atoms with E-state index in [0.717, 1.165) is 0 Å². The summed E-state index contributed by atoms with van der Waals surface area (Å²) in [6, 6.07) is 6.86. The minimum absolute atomic E-state index is 0.00360. The Kier molecular flexibility index (Phi) is 6.72. The molecule has 116 valence electrons. The van der Waals surface area contributed by atoms with Gasteiger partial charge in [-0.1, -0.05) is 12.1 Å². The molecule has 5 heteroatoms. The molecule has 0 spiro atoms. The molecule has 21 heavy (non-hydrogen) atoms. The summed E-state index contributed by atoms with van der Waals surface area (Å²) < 4.78 is 15.5. The quantitative estimate of drug-likeness (QED) is 0.571. The predicted octanol–water partition coefficient (Wildman–Crippen LogP) is 2.68. The minimum Gasteiger partial charge on any atom is -0.491 e. The standard InChI is InChI=1S/C16H22O5/c1-5-19-15(17)14(16(18)20-6-2)12-8-7-9-13(10-12)21-11(3)4/h7-11,14H,5-6H2,1-4H3. The Morgan fingerprint density at radius 2 is 1.62 bits per heavy atom. The van der Waals surface area contributed by atoms with Gasteiger partial charge in [-0.15, -0.1) is 0 Å². The molecule has 0 aliphatic heterocycles. The summed E-state index contributed by atoms with van der Waals surface area (Å²) in [7, 11) is 0. The minimum atomic E-state index is -1.08. The van der Waals surface area contributed by atoms with Crippen molar-refractivity contribution in [2.24, 2.45) is 0 Å². The van der Waals surface area contributed by atoms with Crippen molar-refractivity contribution in [1.29, 1.82) is 0 Å². The third-order valence-electron chi connectivity index (χ3n) is 2.61. The molecule has 1 aromatic rings. The lowest BCUT2D eigenvalue weighted by Crippen LogP contribution is -2.26. The highest BCUT2D eigenvalue weighted by molar-refractivity contribution is 6.00. The first-order valence-electron chi connectivity index (χ1n) is 7.09. The summed E-state index contributed by atoms with van der Waals surface area (Å²) in [4.78, 5) is 24.1. The van der Waals surface area contributed by atoms with Crippen LogP contribution in [0.15, 0.2) is 24.3 Å². The smallest absolute Gasteiger partial charge is 0.324 e. The first-order valence-corrected chi connectivity index (χ1v) is 7.09. The highest BCUT2D eigenvalue weighted by Crippen LogP contribution is 2.24. The molecule has 1 rings (SSSR count). The SMILES string of the molecule is CCOC(=O)C(C(=O)OCC)c1cccc(OC(C)C)c1. The fraction of sp³-hybridized carbons (Fsp3) is 0.500. The van der Waals surface area contributed by atoms with E-state index in [1.165, 1.54) is 0 Å². The zero-order valence-electron chi connectivity index (χ0n) is 12.9. The second-order valence-corrected chi connectivity index (χ2v) is 4.68. The van der Waals surface area contributed by atoms with Crippen molar-refractivity contribution in [3.05, 3.63) is 29.8 Å². The third kappa shape index (κ3) is 5.10. The summed E-state index contributed by atoms with van der Waals surface area (Å²) in [5, 5.41) is 0. The maximum Gasteiger partial charge on any atom is 0.324 e. The van der Waals surface area contributed by atoms with E-state index in [1.54, 1.807) is 38.1 Å². The van der Waals surface area contributed by atoms with Crippen LogP contribution in [-0.4, -0.2) is 31.3 Å². The first kappa shape index (κ1) is 17.0. The lowest BCUT2D eigenvalue weighted by atomic mass is 9.99. The highest BCUT2D eigenvalue weighted by atomic mass is 16.6. The van der Waals surface area contributed by atoms with Crippen LogP contribution in [0, 0.1) is 0 Å². The molecular weight excluding hydrogens is 272 g/mol. The van der Waals surface area contributed by atoms with E-state index in [4.69, 9.17) is 14.2 Å². The van der Waals surface area contributed by atoms with E-state index in [9.17, 15) is 9.59 Å². The van der Waals surface area contributed by atoms with Crippen LogP contribution in [0.4, 0.5) is 0 Å². The zero-order chi connectivity index (χ0) is 15.8. The van der Waals surface area contributed by atoms with Crippen LogP contribution >= 0.6 is 0 Å². The van der Waals surface area contributed by atoms with Gasteiger partial charge < -0.3 is 14.2 Å². The molecule has 0 saturated heterocycles. The predicted molar refractivity (Wildman–Crippen MR) is 78.2 cm³/mol. The molecule has 0 aliphatic carbocycles. The van der Waals surface area contributed by atoms with Crippen LogP contribution in [0.2, 0.25) is 0 Å². The van der Waals surface area contributed by atoms with Crippen LogP contribution in [0.1, 0.15) is 39.2 Å². The van der Waals surface area contributed by atoms with Gasteiger partial charge in [-0.05, 0) is 45.4 Å². The van der Waals surface area contributed by atoms with Gasteiger partial charge in [0, 0.05) is 0 Å². The van der Waals surface area contributed by atoms with Gasteiger partial charge in [0.2, 0.25) is 0 Å². The molecule has 0 aromatic heterocycles. The monoisotopic (exact) mass is 294 g/mol. The molecule has 0 saturated carbocycles. The molecule has 5 nitrogen and oxygen atoms in total. The van der Waals surface area contributed by atoms with Crippen molar-refractivity contribution in [2.75, 3.05) is 13.2 Å². The number of esters is 2. The summed E-state index contributed by atoms with van der Waals surface area (Å²) in [6.45, 7) is 7.60. The van der Waals surface area contributed by atoms with Crippen LogP contribution in [0.25, 0.3) is 0 Å².